The molecule has 0 fully saturated rings. The van der Waals surface area contributed by atoms with Crippen LogP contribution < -0.4 is 0 Å². The van der Waals surface area contributed by atoms with Crippen molar-refractivity contribution >= 4 is 12.2 Å². The Kier molecular flexibility index (Phi) is 7.83. The summed E-state index contributed by atoms with van der Waals surface area (Å²) in [5.74, 6) is 0. The third-order valence-corrected chi connectivity index (χ3v) is 3.12. The second kappa shape index (κ2) is 8.38. The number of carbonyl (C=O) groups is 2. The van der Waals surface area contributed by atoms with Gasteiger partial charge < -0.3 is 14.5 Å². The zero-order valence-corrected chi connectivity index (χ0v) is 15.9. The predicted octanol–water partition coefficient (Wildman–Crippen LogP) is 3.29. The smallest absolute Gasteiger partial charge is 0.440 e. The summed E-state index contributed by atoms with van der Waals surface area (Å²) in [6, 6.07) is 0. The molecule has 0 saturated heterocycles. The third-order valence-electron chi connectivity index (χ3n) is 3.12. The number of hydrogen-bond acceptors (Lipinski definition) is 5. The van der Waals surface area contributed by atoms with E-state index in [4.69, 9.17) is 14.5 Å². The Balaban J connectivity index is 4.52. The van der Waals surface area contributed by atoms with E-state index < -0.39 is 11.7 Å². The average molecular weight is 332 g/mol. The Hall–Kier alpha value is -1.50. The summed E-state index contributed by atoms with van der Waals surface area (Å²) in [6.45, 7) is 9.70. The van der Waals surface area contributed by atoms with Gasteiger partial charge in [0.1, 0.15) is 11.7 Å². The highest BCUT2D eigenvalue weighted by atomic mass is 17.2. The van der Waals surface area contributed by atoms with Crippen molar-refractivity contribution in [3.05, 3.63) is 0 Å². The van der Waals surface area contributed by atoms with E-state index in [1.165, 1.54) is 9.80 Å². The molecule has 0 saturated carbocycles. The SMILES string of the molecule is CC(CC(C)(C)CC(C)(C)OOC(=O)N(C)C)OC(=O)N(C)C. The summed E-state index contributed by atoms with van der Waals surface area (Å²) < 4.78 is 5.35. The van der Waals surface area contributed by atoms with Crippen LogP contribution >= 0.6 is 0 Å². The minimum absolute atomic E-state index is 0.167. The van der Waals surface area contributed by atoms with Crippen molar-refractivity contribution in [1.29, 1.82) is 0 Å². The molecule has 0 aliphatic carbocycles. The number of nitrogens with zero attached hydrogens (tertiary/aromatic N) is 2. The summed E-state index contributed by atoms with van der Waals surface area (Å²) in [7, 11) is 6.47. The third kappa shape index (κ3) is 9.28. The van der Waals surface area contributed by atoms with Gasteiger partial charge in [0.2, 0.25) is 0 Å². The summed E-state index contributed by atoms with van der Waals surface area (Å²) in [5, 5.41) is 0. The standard InChI is InChI=1S/C16H32N2O5/c1-12(21-13(19)17(6)7)10-15(2,3)11-16(4,5)23-22-14(20)18(8)9/h12H,10-11H2,1-9H3. The van der Waals surface area contributed by atoms with Crippen LogP contribution in [-0.4, -0.2) is 61.9 Å². The average Bonchev–Trinajstić information content (AvgIpc) is 2.33. The highest BCUT2D eigenvalue weighted by Gasteiger charge is 2.33. The molecule has 7 heteroatoms. The van der Waals surface area contributed by atoms with Gasteiger partial charge >= 0.3 is 12.2 Å². The van der Waals surface area contributed by atoms with Crippen LogP contribution in [0.3, 0.4) is 0 Å². The molecular formula is C16H32N2O5. The van der Waals surface area contributed by atoms with E-state index in [-0.39, 0.29) is 17.6 Å². The largest absolute Gasteiger partial charge is 0.446 e. The Morgan fingerprint density at radius 3 is 1.87 bits per heavy atom. The Bertz CT molecular complexity index is 405. The van der Waals surface area contributed by atoms with E-state index in [0.29, 0.717) is 12.8 Å². The van der Waals surface area contributed by atoms with Gasteiger partial charge in [0.25, 0.3) is 0 Å². The Morgan fingerprint density at radius 1 is 0.957 bits per heavy atom. The minimum Gasteiger partial charge on any atom is -0.446 e. The van der Waals surface area contributed by atoms with Gasteiger partial charge in [0.15, 0.2) is 0 Å². The molecule has 0 radical (unpaired) electrons. The molecule has 1 unspecified atom stereocenters. The predicted molar refractivity (Wildman–Crippen MR) is 88.0 cm³/mol. The molecule has 0 N–H and O–H groups in total. The molecule has 2 amide bonds. The number of amides is 2. The molecule has 0 aromatic rings. The topological polar surface area (TPSA) is 68.3 Å². The molecule has 0 aromatic carbocycles. The van der Waals surface area contributed by atoms with Gasteiger partial charge in [-0.1, -0.05) is 13.8 Å². The maximum Gasteiger partial charge on any atom is 0.440 e. The molecule has 0 aliphatic heterocycles. The number of hydrogen-bond donors (Lipinski definition) is 0. The second-order valence-corrected chi connectivity index (χ2v) is 7.72. The first-order chi connectivity index (χ1) is 10.3. The molecule has 0 aliphatic rings. The maximum atomic E-state index is 11.6. The molecule has 0 bridgehead atoms. The molecule has 136 valence electrons. The van der Waals surface area contributed by atoms with E-state index in [2.05, 4.69) is 13.8 Å². The normalized spacial score (nSPS) is 13.3. The van der Waals surface area contributed by atoms with Gasteiger partial charge in [-0.05, 0) is 39.0 Å². The van der Waals surface area contributed by atoms with Gasteiger partial charge in [-0.2, -0.15) is 4.89 Å². The lowest BCUT2D eigenvalue weighted by molar-refractivity contribution is -0.316. The quantitative estimate of drug-likeness (QED) is 0.528. The zero-order chi connectivity index (χ0) is 18.4. The van der Waals surface area contributed by atoms with Crippen molar-refractivity contribution in [1.82, 2.24) is 9.80 Å². The van der Waals surface area contributed by atoms with Crippen molar-refractivity contribution < 1.29 is 24.1 Å². The fraction of sp³-hybridized carbons (Fsp3) is 0.875. The Morgan fingerprint density at radius 2 is 1.43 bits per heavy atom. The van der Waals surface area contributed by atoms with Crippen LogP contribution in [0.25, 0.3) is 0 Å². The lowest BCUT2D eigenvalue weighted by Gasteiger charge is -2.35. The van der Waals surface area contributed by atoms with Gasteiger partial charge in [-0.3, -0.25) is 4.89 Å². The molecule has 0 heterocycles. The van der Waals surface area contributed by atoms with Crippen LogP contribution in [0.2, 0.25) is 0 Å². The number of rotatable bonds is 7. The fourth-order valence-electron chi connectivity index (χ4n) is 2.57. The fourth-order valence-corrected chi connectivity index (χ4v) is 2.57. The van der Waals surface area contributed by atoms with Crippen LogP contribution in [0, 0.1) is 5.41 Å². The van der Waals surface area contributed by atoms with Crippen molar-refractivity contribution in [3.63, 3.8) is 0 Å². The van der Waals surface area contributed by atoms with Crippen LogP contribution in [0.4, 0.5) is 9.59 Å². The number of carbonyl (C=O) groups excluding carboxylic acids is 2. The van der Waals surface area contributed by atoms with Gasteiger partial charge in [-0.15, -0.1) is 0 Å². The molecule has 0 aromatic heterocycles. The molecule has 1 atom stereocenters. The molecule has 0 rings (SSSR count). The minimum atomic E-state index is -0.652. The van der Waals surface area contributed by atoms with Crippen LogP contribution in [-0.2, 0) is 14.5 Å². The van der Waals surface area contributed by atoms with Crippen LogP contribution in [0.5, 0.6) is 0 Å². The lowest BCUT2D eigenvalue weighted by atomic mass is 9.78. The number of ether oxygens (including phenoxy) is 1. The van der Waals surface area contributed by atoms with Gasteiger partial charge in [0, 0.05) is 28.2 Å². The Labute approximate surface area is 139 Å². The van der Waals surface area contributed by atoms with Crippen molar-refractivity contribution in [2.75, 3.05) is 28.2 Å². The second-order valence-electron chi connectivity index (χ2n) is 7.72. The summed E-state index contributed by atoms with van der Waals surface area (Å²) in [6.07, 6.45) is 0.166. The van der Waals surface area contributed by atoms with E-state index in [1.54, 1.807) is 28.2 Å². The first-order valence-corrected chi connectivity index (χ1v) is 7.71. The molecular weight excluding hydrogens is 300 g/mol. The van der Waals surface area contributed by atoms with Crippen molar-refractivity contribution in [2.24, 2.45) is 5.41 Å². The summed E-state index contributed by atoms with van der Waals surface area (Å²) >= 11 is 0. The summed E-state index contributed by atoms with van der Waals surface area (Å²) in [4.78, 5) is 35.8. The van der Waals surface area contributed by atoms with Crippen molar-refractivity contribution in [3.8, 4) is 0 Å². The van der Waals surface area contributed by atoms with E-state index in [1.807, 2.05) is 20.8 Å². The van der Waals surface area contributed by atoms with E-state index in [0.717, 1.165) is 0 Å². The maximum absolute atomic E-state index is 11.6. The van der Waals surface area contributed by atoms with Gasteiger partial charge in [0.05, 0.1) is 0 Å². The first kappa shape index (κ1) is 21.5. The van der Waals surface area contributed by atoms with Gasteiger partial charge in [-0.25, -0.2) is 9.59 Å². The van der Waals surface area contributed by atoms with Crippen LogP contribution in [0.15, 0.2) is 0 Å². The monoisotopic (exact) mass is 332 g/mol. The highest BCUT2D eigenvalue weighted by Crippen LogP contribution is 2.35. The summed E-state index contributed by atoms with van der Waals surface area (Å²) in [5.41, 5.74) is -0.819. The van der Waals surface area contributed by atoms with E-state index in [9.17, 15) is 9.59 Å². The molecule has 0 spiro atoms. The lowest BCUT2D eigenvalue weighted by Crippen LogP contribution is -2.36. The van der Waals surface area contributed by atoms with Crippen molar-refractivity contribution in [2.45, 2.75) is 59.2 Å². The molecule has 7 nitrogen and oxygen atoms in total. The van der Waals surface area contributed by atoms with Crippen LogP contribution in [0.1, 0.15) is 47.5 Å². The molecule has 23 heavy (non-hydrogen) atoms. The first-order valence-electron chi connectivity index (χ1n) is 7.71. The highest BCUT2D eigenvalue weighted by molar-refractivity contribution is 5.67. The van der Waals surface area contributed by atoms with E-state index >= 15 is 0 Å². The zero-order valence-electron chi connectivity index (χ0n) is 15.9.